The third-order valence-corrected chi connectivity index (χ3v) is 11.4. The van der Waals surface area contributed by atoms with Gasteiger partial charge >= 0.3 is 23.1 Å². The van der Waals surface area contributed by atoms with Crippen molar-refractivity contribution in [1.82, 2.24) is 20.9 Å². The number of nitrogens with zero attached hydrogens (tertiary/aromatic N) is 1. The molecule has 3 N–H and O–H groups in total. The fourth-order valence-corrected chi connectivity index (χ4v) is 7.69. The van der Waals surface area contributed by atoms with Crippen LogP contribution in [0, 0.1) is 6.07 Å². The molecule has 0 saturated carbocycles. The van der Waals surface area contributed by atoms with Crippen molar-refractivity contribution < 1.29 is 50.5 Å². The SMILES string of the molecule is O=C1CCC(C(=O)Cl)N1.O=C1CCC(C(=O)N2CCOCC2)N1.O=C1CCC(C(=O)c2ccc(-c3ccccc3)cc2)N1.[Br-].[Mg+2].[c-]1ccc(-c2ccccc2)cc1.c1ccc(-c2ccccc2)cc1. The normalized spacial score (nSPS) is 17.5. The van der Waals surface area contributed by atoms with E-state index in [0.717, 1.165) is 11.1 Å². The van der Waals surface area contributed by atoms with Gasteiger partial charge in [-0.1, -0.05) is 146 Å². The summed E-state index contributed by atoms with van der Waals surface area (Å²) >= 11 is 5.10. The molecule has 4 saturated heterocycles. The molecule has 6 aromatic carbocycles. The molecule has 4 aliphatic heterocycles. The average Bonchev–Trinajstić information content (AvgIpc) is 4.17. The smallest absolute Gasteiger partial charge is 1.00 e. The molecule has 0 radical (unpaired) electrons. The topological polar surface area (TPSA) is 151 Å². The summed E-state index contributed by atoms with van der Waals surface area (Å²) in [6.45, 7) is 2.50. The van der Waals surface area contributed by atoms with Gasteiger partial charge in [0.25, 0.3) is 0 Å². The van der Waals surface area contributed by atoms with E-state index in [1.807, 2.05) is 97.1 Å². The Labute approximate surface area is 435 Å². The van der Waals surface area contributed by atoms with Gasteiger partial charge < -0.3 is 42.6 Å². The first kappa shape index (κ1) is 55.6. The molecule has 4 aliphatic rings. The zero-order valence-electron chi connectivity index (χ0n) is 38.2. The third kappa shape index (κ3) is 18.1. The van der Waals surface area contributed by atoms with Crippen molar-refractivity contribution in [1.29, 1.82) is 0 Å². The molecule has 0 spiro atoms. The first-order valence-corrected chi connectivity index (χ1v) is 22.8. The molecule has 6 aromatic rings. The van der Waals surface area contributed by atoms with E-state index < -0.39 is 11.3 Å². The number of halogens is 2. The second-order valence-electron chi connectivity index (χ2n) is 15.9. The fourth-order valence-electron chi connectivity index (χ4n) is 7.53. The number of amides is 4. The molecular weight excluding hydrogens is 968 g/mol. The fraction of sp³-hybridized carbons (Fsp3) is 0.236. The minimum absolute atomic E-state index is 0. The van der Waals surface area contributed by atoms with Crippen LogP contribution in [-0.4, -0.2) is 107 Å². The van der Waals surface area contributed by atoms with Gasteiger partial charge in [-0.25, -0.2) is 0 Å². The van der Waals surface area contributed by atoms with Gasteiger partial charge in [0.05, 0.1) is 19.3 Å². The Morgan fingerprint density at radius 2 is 0.841 bits per heavy atom. The van der Waals surface area contributed by atoms with E-state index in [1.54, 1.807) is 4.90 Å². The van der Waals surface area contributed by atoms with Crippen molar-refractivity contribution in [3.63, 3.8) is 0 Å². The van der Waals surface area contributed by atoms with Crippen molar-refractivity contribution in [2.24, 2.45) is 0 Å². The van der Waals surface area contributed by atoms with Gasteiger partial charge in [-0.3, -0.25) is 28.8 Å². The Bertz CT molecular complexity index is 2370. The Balaban J connectivity index is 0.000000191. The molecular formula is C55H54BrClMgN4O7. The van der Waals surface area contributed by atoms with Crippen LogP contribution in [-0.2, 0) is 28.7 Å². The monoisotopic (exact) mass is 1020 g/mol. The number of hydrogen-bond donors (Lipinski definition) is 3. The Kier molecular flexibility index (Phi) is 24.0. The van der Waals surface area contributed by atoms with Crippen LogP contribution in [0.4, 0.5) is 0 Å². The summed E-state index contributed by atoms with van der Waals surface area (Å²) in [5, 5.41) is 7.35. The van der Waals surface area contributed by atoms with Gasteiger partial charge in [0.1, 0.15) is 12.1 Å². The van der Waals surface area contributed by atoms with E-state index in [4.69, 9.17) is 16.3 Å². The van der Waals surface area contributed by atoms with Gasteiger partial charge in [-0.2, -0.15) is 30.3 Å². The summed E-state index contributed by atoms with van der Waals surface area (Å²) in [5.74, 6) is -0.107. The van der Waals surface area contributed by atoms with E-state index >= 15 is 0 Å². The number of carbonyl (C=O) groups excluding carboxylic acids is 6. The summed E-state index contributed by atoms with van der Waals surface area (Å²) in [4.78, 5) is 68.7. The molecule has 3 atom stereocenters. The maximum absolute atomic E-state index is 12.2. The van der Waals surface area contributed by atoms with Crippen LogP contribution < -0.4 is 32.9 Å². The molecule has 11 nitrogen and oxygen atoms in total. The summed E-state index contributed by atoms with van der Waals surface area (Å²) in [5.41, 5.74) is 7.91. The van der Waals surface area contributed by atoms with Crippen LogP contribution in [0.25, 0.3) is 33.4 Å². The predicted molar refractivity (Wildman–Crippen MR) is 266 cm³/mol. The summed E-state index contributed by atoms with van der Waals surface area (Å²) in [6, 6.07) is 58.6. The number of hydrogen-bond acceptors (Lipinski definition) is 7. The first-order chi connectivity index (χ1) is 32.6. The van der Waals surface area contributed by atoms with Crippen molar-refractivity contribution >= 4 is 69.3 Å². The van der Waals surface area contributed by atoms with Gasteiger partial charge in [-0.05, 0) is 58.7 Å². The van der Waals surface area contributed by atoms with E-state index in [1.165, 1.54) is 22.3 Å². The standard InChI is InChI=1S/C17H15NO2.C12H10.C12H9.C9H14N2O3.C5H6ClNO2.BrH.Mg/c19-16-11-10-15(18-16)17(20)14-8-6-13(7-9-14)12-4-2-1-3-5-12;2*1-3-7-11(8-4-1)12-9-5-2-6-10-12;12-8-2-1-7(10-8)9(13)11-3-5-14-6-4-11;6-5(9)3-1-2-4(8)7-3;;/h1-9,15H,10-11H2,(H,18,19);1-10H;1,3-10H;7H,1-6H2,(H,10,12);3H,1-2H2,(H,7,8);1H;/q;;-1;;;;+2/p-1. The minimum atomic E-state index is -0.471. The van der Waals surface area contributed by atoms with Crippen LogP contribution in [0.15, 0.2) is 170 Å². The molecule has 4 heterocycles. The van der Waals surface area contributed by atoms with Gasteiger partial charge in [0, 0.05) is 37.9 Å². The largest absolute Gasteiger partial charge is 2.00 e. The zero-order chi connectivity index (χ0) is 47.2. The summed E-state index contributed by atoms with van der Waals surface area (Å²) in [6.07, 6.45) is 3.11. The second-order valence-corrected chi connectivity index (χ2v) is 16.3. The van der Waals surface area contributed by atoms with E-state index in [9.17, 15) is 28.8 Å². The van der Waals surface area contributed by atoms with Crippen molar-refractivity contribution in [2.45, 2.75) is 56.7 Å². The predicted octanol–water partition coefficient (Wildman–Crippen LogP) is 5.10. The van der Waals surface area contributed by atoms with Crippen LogP contribution in [0.5, 0.6) is 0 Å². The zero-order valence-corrected chi connectivity index (χ0v) is 42.0. The summed E-state index contributed by atoms with van der Waals surface area (Å²) in [7, 11) is 0. The van der Waals surface area contributed by atoms with Crippen molar-refractivity contribution in [3.8, 4) is 33.4 Å². The average molecular weight is 1020 g/mol. The third-order valence-electron chi connectivity index (χ3n) is 11.2. The van der Waals surface area contributed by atoms with E-state index in [-0.39, 0.29) is 81.5 Å². The molecule has 10 rings (SSSR count). The molecule has 3 unspecified atom stereocenters. The Morgan fingerprint density at radius 1 is 0.493 bits per heavy atom. The molecule has 0 aromatic heterocycles. The second kappa shape index (κ2) is 29.8. The number of ether oxygens (including phenoxy) is 1. The quantitative estimate of drug-likeness (QED) is 0.0873. The number of rotatable bonds is 7. The van der Waals surface area contributed by atoms with E-state index in [2.05, 4.69) is 94.8 Å². The Hall–Kier alpha value is -5.96. The van der Waals surface area contributed by atoms with Gasteiger partial charge in [-0.15, -0.1) is 5.56 Å². The minimum Gasteiger partial charge on any atom is -1.00 e. The number of morpholine rings is 1. The number of nitrogens with one attached hydrogen (secondary N) is 3. The molecule has 0 bridgehead atoms. The Morgan fingerprint density at radius 3 is 1.19 bits per heavy atom. The molecule has 4 amide bonds. The maximum Gasteiger partial charge on any atom is 2.00 e. The van der Waals surface area contributed by atoms with Crippen LogP contribution >= 0.6 is 11.6 Å². The number of carbonyl (C=O) groups is 6. The van der Waals surface area contributed by atoms with Crippen LogP contribution in [0.1, 0.15) is 48.9 Å². The van der Waals surface area contributed by atoms with Gasteiger partial charge in [0.2, 0.25) is 28.9 Å². The molecule has 0 aliphatic carbocycles. The van der Waals surface area contributed by atoms with Crippen LogP contribution in [0.2, 0.25) is 0 Å². The van der Waals surface area contributed by atoms with Crippen molar-refractivity contribution in [3.05, 3.63) is 181 Å². The molecule has 352 valence electrons. The molecule has 14 heteroatoms. The molecule has 4 fully saturated rings. The maximum atomic E-state index is 12.2. The first-order valence-electron chi connectivity index (χ1n) is 22.4. The molecule has 69 heavy (non-hydrogen) atoms. The van der Waals surface area contributed by atoms with E-state index in [0.29, 0.717) is 70.4 Å². The van der Waals surface area contributed by atoms with Crippen LogP contribution in [0.3, 0.4) is 0 Å². The summed E-state index contributed by atoms with van der Waals surface area (Å²) < 4.78 is 5.15. The number of Topliss-reactive ketones (excluding diaryl/α,β-unsaturated/α-hetero) is 1. The number of ketones is 1. The number of benzene rings is 6. The van der Waals surface area contributed by atoms with Crippen molar-refractivity contribution in [2.75, 3.05) is 26.3 Å². The van der Waals surface area contributed by atoms with Gasteiger partial charge in [0.15, 0.2) is 5.78 Å².